The number of carbonyl (C=O) groups is 1. The van der Waals surface area contributed by atoms with Gasteiger partial charge in [-0.2, -0.15) is 0 Å². The number of hydrogen-bond acceptors (Lipinski definition) is 2. The molecule has 0 aromatic heterocycles. The Bertz CT molecular complexity index is 709. The number of benzene rings is 2. The molecule has 120 valence electrons. The Balaban J connectivity index is 1.55. The minimum atomic E-state index is -0.0977. The van der Waals surface area contributed by atoms with E-state index in [2.05, 4.69) is 23.5 Å². The molecule has 0 aliphatic heterocycles. The zero-order chi connectivity index (χ0) is 16.2. The van der Waals surface area contributed by atoms with Crippen molar-refractivity contribution in [1.29, 1.82) is 0 Å². The van der Waals surface area contributed by atoms with Crippen LogP contribution in [-0.2, 0) is 17.6 Å². The van der Waals surface area contributed by atoms with Gasteiger partial charge in [-0.25, -0.2) is 0 Å². The maximum absolute atomic E-state index is 12.1. The van der Waals surface area contributed by atoms with Crippen LogP contribution in [0.1, 0.15) is 41.6 Å². The summed E-state index contributed by atoms with van der Waals surface area (Å²) in [6.45, 7) is 4.06. The summed E-state index contributed by atoms with van der Waals surface area (Å²) in [5.74, 6) is 0.629. The first-order valence-corrected chi connectivity index (χ1v) is 8.22. The van der Waals surface area contributed by atoms with E-state index >= 15 is 0 Å². The van der Waals surface area contributed by atoms with Gasteiger partial charge in [-0.1, -0.05) is 30.3 Å². The van der Waals surface area contributed by atoms with Gasteiger partial charge < -0.3 is 10.1 Å². The Morgan fingerprint density at radius 3 is 2.83 bits per heavy atom. The molecule has 1 N–H and O–H groups in total. The lowest BCUT2D eigenvalue weighted by Crippen LogP contribution is -2.31. The molecule has 2 aromatic rings. The highest BCUT2D eigenvalue weighted by Crippen LogP contribution is 2.25. The van der Waals surface area contributed by atoms with E-state index in [0.29, 0.717) is 0 Å². The van der Waals surface area contributed by atoms with Gasteiger partial charge in [0.1, 0.15) is 5.75 Å². The van der Waals surface area contributed by atoms with Crippen molar-refractivity contribution >= 4 is 5.91 Å². The summed E-state index contributed by atoms with van der Waals surface area (Å²) in [5, 5.41) is 3.01. The average molecular weight is 309 g/mol. The molecule has 1 amide bonds. The molecule has 0 heterocycles. The van der Waals surface area contributed by atoms with Crippen LogP contribution in [0.25, 0.3) is 0 Å². The van der Waals surface area contributed by atoms with Crippen LogP contribution in [0.5, 0.6) is 5.75 Å². The molecule has 3 nitrogen and oxygen atoms in total. The van der Waals surface area contributed by atoms with Crippen molar-refractivity contribution in [3.05, 3.63) is 64.7 Å². The molecule has 1 aliphatic rings. The Hall–Kier alpha value is -2.29. The van der Waals surface area contributed by atoms with Gasteiger partial charge in [0.15, 0.2) is 6.61 Å². The Morgan fingerprint density at radius 2 is 2.00 bits per heavy atom. The van der Waals surface area contributed by atoms with Crippen LogP contribution in [0.4, 0.5) is 0 Å². The zero-order valence-electron chi connectivity index (χ0n) is 13.8. The van der Waals surface area contributed by atoms with Crippen molar-refractivity contribution in [2.24, 2.45) is 0 Å². The first-order valence-electron chi connectivity index (χ1n) is 8.22. The van der Waals surface area contributed by atoms with Crippen LogP contribution in [-0.4, -0.2) is 12.5 Å². The van der Waals surface area contributed by atoms with E-state index in [1.807, 2.05) is 38.1 Å². The first-order chi connectivity index (χ1) is 11.1. The number of ether oxygens (including phenoxy) is 1. The number of aryl methyl sites for hydroxylation is 3. The van der Waals surface area contributed by atoms with Crippen LogP contribution < -0.4 is 10.1 Å². The predicted molar refractivity (Wildman–Crippen MR) is 91.7 cm³/mol. The van der Waals surface area contributed by atoms with Gasteiger partial charge in [0, 0.05) is 0 Å². The average Bonchev–Trinajstić information content (AvgIpc) is 3.00. The maximum atomic E-state index is 12.1. The second-order valence-electron chi connectivity index (χ2n) is 6.28. The van der Waals surface area contributed by atoms with Gasteiger partial charge in [0.25, 0.3) is 5.91 Å². The van der Waals surface area contributed by atoms with Crippen LogP contribution in [0.2, 0.25) is 0 Å². The number of amides is 1. The molecule has 0 unspecified atom stereocenters. The Labute approximate surface area is 137 Å². The minimum Gasteiger partial charge on any atom is -0.484 e. The van der Waals surface area contributed by atoms with Crippen LogP contribution in [0.3, 0.4) is 0 Å². The molecule has 0 saturated carbocycles. The standard InChI is InChI=1S/C20H23NO2/c1-14-5-3-8-19(11-14)23-13-20(22)21-15(2)17-10-9-16-6-4-7-18(16)12-17/h3,5,8-12,15H,4,6-7,13H2,1-2H3,(H,21,22)/t15-/m0/s1. The van der Waals surface area contributed by atoms with Gasteiger partial charge in [-0.15, -0.1) is 0 Å². The van der Waals surface area contributed by atoms with Crippen molar-refractivity contribution in [2.45, 2.75) is 39.2 Å². The van der Waals surface area contributed by atoms with E-state index in [9.17, 15) is 4.79 Å². The third-order valence-electron chi connectivity index (χ3n) is 4.36. The van der Waals surface area contributed by atoms with Crippen molar-refractivity contribution in [2.75, 3.05) is 6.61 Å². The van der Waals surface area contributed by atoms with E-state index in [-0.39, 0.29) is 18.6 Å². The van der Waals surface area contributed by atoms with Gasteiger partial charge in [0.05, 0.1) is 6.04 Å². The largest absolute Gasteiger partial charge is 0.484 e. The highest BCUT2D eigenvalue weighted by atomic mass is 16.5. The molecule has 3 heteroatoms. The number of carbonyl (C=O) groups excluding carboxylic acids is 1. The normalized spacial score (nSPS) is 14.2. The number of rotatable bonds is 5. The SMILES string of the molecule is Cc1cccc(OCC(=O)N[C@@H](C)c2ccc3c(c2)CCC3)c1. The molecule has 1 atom stereocenters. The van der Waals surface area contributed by atoms with Crippen LogP contribution in [0.15, 0.2) is 42.5 Å². The Morgan fingerprint density at radius 1 is 1.17 bits per heavy atom. The molecule has 3 rings (SSSR count). The van der Waals surface area contributed by atoms with Gasteiger partial charge in [-0.3, -0.25) is 4.79 Å². The summed E-state index contributed by atoms with van der Waals surface area (Å²) < 4.78 is 5.55. The van der Waals surface area contributed by atoms with Crippen LogP contribution >= 0.6 is 0 Å². The van der Waals surface area contributed by atoms with E-state index in [1.54, 1.807) is 0 Å². The fraction of sp³-hybridized carbons (Fsp3) is 0.350. The first kappa shape index (κ1) is 15.6. The molecule has 0 radical (unpaired) electrons. The van der Waals surface area contributed by atoms with Crippen molar-refractivity contribution in [3.8, 4) is 5.75 Å². The van der Waals surface area contributed by atoms with Gasteiger partial charge >= 0.3 is 0 Å². The third-order valence-corrected chi connectivity index (χ3v) is 4.36. The molecule has 23 heavy (non-hydrogen) atoms. The van der Waals surface area contributed by atoms with Gasteiger partial charge in [-0.05, 0) is 67.5 Å². The molecule has 1 aliphatic carbocycles. The summed E-state index contributed by atoms with van der Waals surface area (Å²) in [6, 6.07) is 14.3. The fourth-order valence-electron chi connectivity index (χ4n) is 3.08. The van der Waals surface area contributed by atoms with Crippen molar-refractivity contribution in [3.63, 3.8) is 0 Å². The molecule has 0 saturated heterocycles. The zero-order valence-corrected chi connectivity index (χ0v) is 13.8. The fourth-order valence-corrected chi connectivity index (χ4v) is 3.08. The van der Waals surface area contributed by atoms with E-state index < -0.39 is 0 Å². The lowest BCUT2D eigenvalue weighted by Gasteiger charge is -2.16. The molecule has 0 bridgehead atoms. The van der Waals surface area contributed by atoms with E-state index in [0.717, 1.165) is 23.3 Å². The predicted octanol–water partition coefficient (Wildman–Crippen LogP) is 3.74. The van der Waals surface area contributed by atoms with E-state index in [4.69, 9.17) is 4.74 Å². The lowest BCUT2D eigenvalue weighted by atomic mass is 10.0. The Kier molecular flexibility index (Phi) is 4.65. The monoisotopic (exact) mass is 309 g/mol. The minimum absolute atomic E-state index is 0.00508. The molecule has 0 spiro atoms. The molecule has 0 fully saturated rings. The van der Waals surface area contributed by atoms with Crippen molar-refractivity contribution in [1.82, 2.24) is 5.32 Å². The number of nitrogens with one attached hydrogen (secondary N) is 1. The van der Waals surface area contributed by atoms with Gasteiger partial charge in [0.2, 0.25) is 0 Å². The summed E-state index contributed by atoms with van der Waals surface area (Å²) in [5.41, 5.74) is 5.17. The summed E-state index contributed by atoms with van der Waals surface area (Å²) in [7, 11) is 0. The molecular formula is C20H23NO2. The number of fused-ring (bicyclic) bond motifs is 1. The number of hydrogen-bond donors (Lipinski definition) is 1. The molecular weight excluding hydrogens is 286 g/mol. The molecule has 2 aromatic carbocycles. The second-order valence-corrected chi connectivity index (χ2v) is 6.28. The summed E-state index contributed by atoms with van der Waals surface area (Å²) in [4.78, 5) is 12.1. The highest BCUT2D eigenvalue weighted by molar-refractivity contribution is 5.78. The van der Waals surface area contributed by atoms with E-state index in [1.165, 1.54) is 24.0 Å². The maximum Gasteiger partial charge on any atom is 0.258 e. The quantitative estimate of drug-likeness (QED) is 0.913. The summed E-state index contributed by atoms with van der Waals surface area (Å²) in [6.07, 6.45) is 3.57. The second kappa shape index (κ2) is 6.86. The topological polar surface area (TPSA) is 38.3 Å². The summed E-state index contributed by atoms with van der Waals surface area (Å²) >= 11 is 0. The van der Waals surface area contributed by atoms with Crippen LogP contribution in [0, 0.1) is 6.92 Å². The lowest BCUT2D eigenvalue weighted by molar-refractivity contribution is -0.123. The third kappa shape index (κ3) is 3.92. The van der Waals surface area contributed by atoms with Crippen molar-refractivity contribution < 1.29 is 9.53 Å². The smallest absolute Gasteiger partial charge is 0.258 e. The highest BCUT2D eigenvalue weighted by Gasteiger charge is 2.15.